The number of hydrogen-bond acceptors (Lipinski definition) is 6. The van der Waals surface area contributed by atoms with Crippen LogP contribution in [0.5, 0.6) is 0 Å². The lowest BCUT2D eigenvalue weighted by Crippen LogP contribution is -2.18. The molecule has 104 valence electrons. The van der Waals surface area contributed by atoms with Gasteiger partial charge < -0.3 is 9.47 Å². The molecular formula is C10H15ClO6S. The minimum atomic E-state index is -3.31. The molecule has 0 fully saturated rings. The van der Waals surface area contributed by atoms with E-state index < -0.39 is 21.8 Å². The van der Waals surface area contributed by atoms with Crippen molar-refractivity contribution in [3.8, 4) is 0 Å². The number of alkyl halides is 1. The number of rotatable bonds is 9. The summed E-state index contributed by atoms with van der Waals surface area (Å²) in [6.45, 7) is 2.98. The summed E-state index contributed by atoms with van der Waals surface area (Å²) in [5.74, 6) is -1.75. The van der Waals surface area contributed by atoms with E-state index in [0.717, 1.165) is 6.08 Å². The van der Waals surface area contributed by atoms with Crippen LogP contribution in [0.3, 0.4) is 0 Å². The summed E-state index contributed by atoms with van der Waals surface area (Å²) in [4.78, 5) is 21.7. The zero-order chi connectivity index (χ0) is 14.0. The lowest BCUT2D eigenvalue weighted by molar-refractivity contribution is -0.149. The number of esters is 2. The lowest BCUT2D eigenvalue weighted by atomic mass is 10.5. The van der Waals surface area contributed by atoms with Crippen molar-refractivity contribution >= 4 is 33.4 Å². The minimum absolute atomic E-state index is 0.00507. The highest BCUT2D eigenvalue weighted by Crippen LogP contribution is 1.97. The first-order valence-electron chi connectivity index (χ1n) is 5.12. The molecule has 0 radical (unpaired) electrons. The molecule has 18 heavy (non-hydrogen) atoms. The number of ether oxygens (including phenoxy) is 2. The van der Waals surface area contributed by atoms with Gasteiger partial charge in [-0.25, -0.2) is 13.2 Å². The second-order valence-electron chi connectivity index (χ2n) is 3.18. The first-order valence-corrected chi connectivity index (χ1v) is 7.48. The third kappa shape index (κ3) is 9.00. The Balaban J connectivity index is 3.73. The maximum Gasteiger partial charge on any atom is 0.330 e. The third-order valence-corrected chi connectivity index (χ3v) is 3.83. The fourth-order valence-corrected chi connectivity index (χ4v) is 2.51. The molecule has 0 unspecified atom stereocenters. The lowest BCUT2D eigenvalue weighted by Gasteiger charge is -2.05. The van der Waals surface area contributed by atoms with Crippen molar-refractivity contribution in [2.45, 2.75) is 6.42 Å². The molecule has 0 amide bonds. The Morgan fingerprint density at radius 2 is 1.78 bits per heavy atom. The first kappa shape index (κ1) is 16.9. The van der Waals surface area contributed by atoms with E-state index in [0.29, 0.717) is 0 Å². The fourth-order valence-electron chi connectivity index (χ4n) is 0.887. The average molecular weight is 299 g/mol. The van der Waals surface area contributed by atoms with Crippen LogP contribution in [0.15, 0.2) is 12.7 Å². The maximum absolute atomic E-state index is 11.2. The van der Waals surface area contributed by atoms with Crippen LogP contribution in [-0.2, 0) is 28.9 Å². The summed E-state index contributed by atoms with van der Waals surface area (Å²) < 4.78 is 31.7. The van der Waals surface area contributed by atoms with E-state index in [4.69, 9.17) is 11.6 Å². The van der Waals surface area contributed by atoms with Gasteiger partial charge in [0.2, 0.25) is 0 Å². The maximum atomic E-state index is 11.2. The van der Waals surface area contributed by atoms with Gasteiger partial charge in [-0.15, -0.1) is 11.6 Å². The highest BCUT2D eigenvalue weighted by atomic mass is 35.5. The van der Waals surface area contributed by atoms with Gasteiger partial charge in [0.1, 0.15) is 13.2 Å². The highest BCUT2D eigenvalue weighted by Gasteiger charge is 2.13. The molecule has 0 aliphatic rings. The predicted octanol–water partition coefficient (Wildman–Crippen LogP) is 0.303. The van der Waals surface area contributed by atoms with Crippen molar-refractivity contribution in [3.05, 3.63) is 12.7 Å². The van der Waals surface area contributed by atoms with Crippen LogP contribution >= 0.6 is 11.6 Å². The van der Waals surface area contributed by atoms with Crippen molar-refractivity contribution in [2.75, 3.05) is 30.6 Å². The van der Waals surface area contributed by atoms with Crippen molar-refractivity contribution in [1.29, 1.82) is 0 Å². The number of sulfone groups is 1. The van der Waals surface area contributed by atoms with Gasteiger partial charge in [0.05, 0.1) is 17.9 Å². The Kier molecular flexibility index (Phi) is 8.40. The number of carbonyl (C=O) groups is 2. The van der Waals surface area contributed by atoms with E-state index >= 15 is 0 Å². The summed E-state index contributed by atoms with van der Waals surface area (Å²) in [6, 6.07) is 0. The number of hydrogen-bond donors (Lipinski definition) is 0. The summed E-state index contributed by atoms with van der Waals surface area (Å²) in [7, 11) is -3.31. The normalized spacial score (nSPS) is 10.7. The highest BCUT2D eigenvalue weighted by molar-refractivity contribution is 7.91. The summed E-state index contributed by atoms with van der Waals surface area (Å²) >= 11 is 5.30. The zero-order valence-corrected chi connectivity index (χ0v) is 11.3. The van der Waals surface area contributed by atoms with Gasteiger partial charge in [0.15, 0.2) is 9.84 Å². The van der Waals surface area contributed by atoms with Crippen LogP contribution < -0.4 is 0 Å². The molecule has 0 aromatic rings. The standard InChI is InChI=1S/C10H15ClO6S/c1-2-9(12)16-5-6-17-10(13)3-7-18(14,15)8-4-11/h2H,1,3-8H2. The quantitative estimate of drug-likeness (QED) is 0.263. The van der Waals surface area contributed by atoms with E-state index in [2.05, 4.69) is 16.1 Å². The Labute approximate surface area is 111 Å². The van der Waals surface area contributed by atoms with Gasteiger partial charge in [-0.3, -0.25) is 4.79 Å². The fraction of sp³-hybridized carbons (Fsp3) is 0.600. The van der Waals surface area contributed by atoms with Gasteiger partial charge >= 0.3 is 11.9 Å². The SMILES string of the molecule is C=CC(=O)OCCOC(=O)CCS(=O)(=O)CCCl. The van der Waals surface area contributed by atoms with E-state index in [1.165, 1.54) is 0 Å². The Morgan fingerprint density at radius 3 is 2.33 bits per heavy atom. The molecule has 0 aromatic heterocycles. The molecule has 0 aromatic carbocycles. The summed E-state index contributed by atoms with van der Waals surface area (Å²) in [5.41, 5.74) is 0. The number of carbonyl (C=O) groups excluding carboxylic acids is 2. The van der Waals surface area contributed by atoms with E-state index in [9.17, 15) is 18.0 Å². The Morgan fingerprint density at radius 1 is 1.17 bits per heavy atom. The topological polar surface area (TPSA) is 86.7 Å². The van der Waals surface area contributed by atoms with Crippen molar-refractivity contribution in [3.63, 3.8) is 0 Å². The van der Waals surface area contributed by atoms with Gasteiger partial charge in [-0.05, 0) is 0 Å². The van der Waals surface area contributed by atoms with Gasteiger partial charge in [0, 0.05) is 12.0 Å². The van der Waals surface area contributed by atoms with Gasteiger partial charge in [-0.2, -0.15) is 0 Å². The van der Waals surface area contributed by atoms with Crippen molar-refractivity contribution < 1.29 is 27.5 Å². The van der Waals surface area contributed by atoms with E-state index in [-0.39, 0.29) is 37.0 Å². The van der Waals surface area contributed by atoms with Gasteiger partial charge in [-0.1, -0.05) is 6.58 Å². The van der Waals surface area contributed by atoms with Crippen LogP contribution in [-0.4, -0.2) is 51.0 Å². The van der Waals surface area contributed by atoms with Crippen LogP contribution in [0.4, 0.5) is 0 Å². The Hall–Kier alpha value is -1.08. The molecule has 6 nitrogen and oxygen atoms in total. The third-order valence-electron chi connectivity index (χ3n) is 1.76. The molecule has 0 heterocycles. The predicted molar refractivity (Wildman–Crippen MR) is 66.1 cm³/mol. The van der Waals surface area contributed by atoms with Crippen LogP contribution in [0.25, 0.3) is 0 Å². The molecule has 0 aliphatic carbocycles. The first-order chi connectivity index (χ1) is 8.41. The van der Waals surface area contributed by atoms with Crippen LogP contribution in [0.2, 0.25) is 0 Å². The van der Waals surface area contributed by atoms with E-state index in [1.54, 1.807) is 0 Å². The Bertz CT molecular complexity index is 389. The second kappa shape index (κ2) is 8.93. The van der Waals surface area contributed by atoms with Crippen molar-refractivity contribution in [1.82, 2.24) is 0 Å². The van der Waals surface area contributed by atoms with Gasteiger partial charge in [0.25, 0.3) is 0 Å². The molecular weight excluding hydrogens is 284 g/mol. The molecule has 8 heteroatoms. The monoisotopic (exact) mass is 298 g/mol. The summed E-state index contributed by atoms with van der Waals surface area (Å²) in [6.07, 6.45) is 0.745. The van der Waals surface area contributed by atoms with Crippen LogP contribution in [0, 0.1) is 0 Å². The minimum Gasteiger partial charge on any atom is -0.462 e. The number of halogens is 1. The molecule has 0 aliphatic heterocycles. The van der Waals surface area contributed by atoms with Crippen LogP contribution in [0.1, 0.15) is 6.42 Å². The molecule has 0 spiro atoms. The molecule has 0 atom stereocenters. The average Bonchev–Trinajstić information content (AvgIpc) is 2.32. The molecule has 0 saturated heterocycles. The van der Waals surface area contributed by atoms with Crippen molar-refractivity contribution in [2.24, 2.45) is 0 Å². The molecule has 0 N–H and O–H groups in total. The molecule has 0 bridgehead atoms. The summed E-state index contributed by atoms with van der Waals surface area (Å²) in [5, 5.41) is 0. The molecule has 0 rings (SSSR count). The largest absolute Gasteiger partial charge is 0.462 e. The molecule has 0 saturated carbocycles. The van der Waals surface area contributed by atoms with E-state index in [1.807, 2.05) is 0 Å². The second-order valence-corrected chi connectivity index (χ2v) is 5.86. The smallest absolute Gasteiger partial charge is 0.330 e. The zero-order valence-electron chi connectivity index (χ0n) is 9.76.